The van der Waals surface area contributed by atoms with Gasteiger partial charge in [-0.2, -0.15) is 0 Å². The Labute approximate surface area is 340 Å². The molecule has 0 heterocycles. The first-order valence-corrected chi connectivity index (χ1v) is 21.0. The molecular formula is C57H54. The number of benzene rings is 9. The number of hydrogen-bond donors (Lipinski definition) is 0. The molecule has 57 heavy (non-hydrogen) atoms. The molecule has 0 radical (unpaired) electrons. The quantitative estimate of drug-likeness (QED) is 0.165. The molecule has 0 spiro atoms. The Morgan fingerprint density at radius 1 is 0.316 bits per heavy atom. The highest BCUT2D eigenvalue weighted by molar-refractivity contribution is 6.28. The molecule has 1 aliphatic carbocycles. The smallest absolute Gasteiger partial charge is 0.000741 e. The maximum Gasteiger partial charge on any atom is -0.000741 e. The highest BCUT2D eigenvalue weighted by atomic mass is 14.3. The molecule has 0 nitrogen and oxygen atoms in total. The minimum absolute atomic E-state index is 1.23. The van der Waals surface area contributed by atoms with Crippen molar-refractivity contribution in [2.24, 2.45) is 0 Å². The Balaban J connectivity index is 0.000000578. The van der Waals surface area contributed by atoms with Gasteiger partial charge in [-0.25, -0.2) is 0 Å². The predicted molar refractivity (Wildman–Crippen MR) is 253 cm³/mol. The average molecular weight is 739 g/mol. The summed E-state index contributed by atoms with van der Waals surface area (Å²) < 4.78 is 0. The Morgan fingerprint density at radius 2 is 0.772 bits per heavy atom. The molecule has 1 aliphatic rings. The second-order valence-electron chi connectivity index (χ2n) is 14.3. The second-order valence-corrected chi connectivity index (χ2v) is 14.3. The van der Waals surface area contributed by atoms with Crippen LogP contribution in [0.4, 0.5) is 0 Å². The number of hydrogen-bond acceptors (Lipinski definition) is 0. The Hall–Kier alpha value is -6.24. The lowest BCUT2D eigenvalue weighted by atomic mass is 9.82. The highest BCUT2D eigenvalue weighted by Gasteiger charge is 2.31. The molecule has 0 aliphatic heterocycles. The third kappa shape index (κ3) is 7.29. The third-order valence-electron chi connectivity index (χ3n) is 10.9. The van der Waals surface area contributed by atoms with Gasteiger partial charge in [0, 0.05) is 0 Å². The van der Waals surface area contributed by atoms with Crippen LogP contribution in [0.5, 0.6) is 0 Å². The molecule has 0 N–H and O–H groups in total. The largest absolute Gasteiger partial charge is 0.0683 e. The van der Waals surface area contributed by atoms with E-state index >= 15 is 0 Å². The Morgan fingerprint density at radius 3 is 1.35 bits per heavy atom. The molecule has 9 aromatic rings. The summed E-state index contributed by atoms with van der Waals surface area (Å²) in [6, 6.07) is 65.1. The Bertz CT molecular complexity index is 2680. The highest BCUT2D eigenvalue weighted by Crippen LogP contribution is 2.58. The van der Waals surface area contributed by atoms with Crippen molar-refractivity contribution in [1.82, 2.24) is 0 Å². The fourth-order valence-electron chi connectivity index (χ4n) is 8.25. The van der Waals surface area contributed by atoms with E-state index in [1.165, 1.54) is 117 Å². The van der Waals surface area contributed by atoms with E-state index in [2.05, 4.69) is 197 Å². The maximum atomic E-state index is 2.38. The zero-order valence-electron chi connectivity index (χ0n) is 34.7. The van der Waals surface area contributed by atoms with Crippen LogP contribution in [0, 0.1) is 6.92 Å². The van der Waals surface area contributed by atoms with E-state index in [-0.39, 0.29) is 0 Å². The van der Waals surface area contributed by atoms with E-state index in [0.717, 1.165) is 0 Å². The van der Waals surface area contributed by atoms with Crippen LogP contribution in [0.15, 0.2) is 176 Å². The lowest BCUT2D eigenvalue weighted by Crippen LogP contribution is -1.93. The van der Waals surface area contributed by atoms with E-state index in [4.69, 9.17) is 0 Å². The Kier molecular flexibility index (Phi) is 12.1. The number of fused-ring (bicyclic) bond motifs is 5. The zero-order chi connectivity index (χ0) is 39.9. The van der Waals surface area contributed by atoms with Crippen molar-refractivity contribution in [2.75, 3.05) is 0 Å². The molecule has 0 saturated carbocycles. The summed E-state index contributed by atoms with van der Waals surface area (Å²) in [4.78, 5) is 0. The van der Waals surface area contributed by atoms with Crippen LogP contribution in [0.25, 0.3) is 99.1 Å². The summed E-state index contributed by atoms with van der Waals surface area (Å²) in [5, 5.41) is 7.77. The van der Waals surface area contributed by atoms with Gasteiger partial charge in [0.1, 0.15) is 0 Å². The van der Waals surface area contributed by atoms with Crippen LogP contribution in [-0.2, 0) is 0 Å². The second kappa shape index (κ2) is 17.7. The first kappa shape index (κ1) is 39.0. The van der Waals surface area contributed by atoms with E-state index in [1.54, 1.807) is 0 Å². The summed E-state index contributed by atoms with van der Waals surface area (Å²) in [5.41, 5.74) is 16.7. The van der Waals surface area contributed by atoms with Crippen LogP contribution >= 0.6 is 0 Å². The van der Waals surface area contributed by atoms with Gasteiger partial charge in [0.05, 0.1) is 0 Å². The van der Waals surface area contributed by atoms with Gasteiger partial charge in [-0.1, -0.05) is 230 Å². The van der Waals surface area contributed by atoms with Crippen molar-refractivity contribution in [1.29, 1.82) is 0 Å². The van der Waals surface area contributed by atoms with Crippen molar-refractivity contribution in [3.8, 4) is 66.8 Å². The van der Waals surface area contributed by atoms with Crippen molar-refractivity contribution < 1.29 is 0 Å². The van der Waals surface area contributed by atoms with Crippen LogP contribution in [-0.4, -0.2) is 0 Å². The summed E-state index contributed by atoms with van der Waals surface area (Å²) in [5.74, 6) is 0. The predicted octanol–water partition coefficient (Wildman–Crippen LogP) is 17.6. The molecule has 0 atom stereocenters. The summed E-state index contributed by atoms with van der Waals surface area (Å²) >= 11 is 0. The number of rotatable bonds is 5. The van der Waals surface area contributed by atoms with Crippen molar-refractivity contribution in [2.45, 2.75) is 61.3 Å². The average Bonchev–Trinajstić information content (AvgIpc) is 3.62. The van der Waals surface area contributed by atoms with E-state index in [9.17, 15) is 0 Å². The summed E-state index contributed by atoms with van der Waals surface area (Å²) in [7, 11) is 0. The number of aryl methyl sites for hydroxylation is 1. The fraction of sp³-hybridized carbons (Fsp3) is 0.158. The minimum atomic E-state index is 1.23. The van der Waals surface area contributed by atoms with Gasteiger partial charge in [0.2, 0.25) is 0 Å². The van der Waals surface area contributed by atoms with Gasteiger partial charge in [0.15, 0.2) is 0 Å². The van der Waals surface area contributed by atoms with Crippen LogP contribution in [0.3, 0.4) is 0 Å². The van der Waals surface area contributed by atoms with Gasteiger partial charge < -0.3 is 0 Å². The van der Waals surface area contributed by atoms with E-state index in [0.29, 0.717) is 0 Å². The van der Waals surface area contributed by atoms with Gasteiger partial charge in [-0.15, -0.1) is 0 Å². The zero-order valence-corrected chi connectivity index (χ0v) is 34.7. The molecule has 0 amide bonds. The fourth-order valence-corrected chi connectivity index (χ4v) is 8.25. The van der Waals surface area contributed by atoms with Gasteiger partial charge >= 0.3 is 0 Å². The van der Waals surface area contributed by atoms with Crippen molar-refractivity contribution in [3.63, 3.8) is 0 Å². The molecule has 0 heteroatoms. The van der Waals surface area contributed by atoms with Crippen molar-refractivity contribution >= 4 is 32.3 Å². The molecule has 0 aromatic heterocycles. The summed E-state index contributed by atoms with van der Waals surface area (Å²) in [6.07, 6.45) is 2.64. The van der Waals surface area contributed by atoms with Crippen LogP contribution < -0.4 is 0 Å². The molecule has 0 fully saturated rings. The SMILES string of the molecule is CC.CC.CCCC.Cc1ccc2cc(-c3ccc(-c4ccc5c6c(cccc46)-c4c-5c(-c5ccccc5)c5ccccc5c4-c4ccccc4)cc3)ccc2c1. The van der Waals surface area contributed by atoms with Crippen molar-refractivity contribution in [3.05, 3.63) is 181 Å². The molecule has 9 aromatic carbocycles. The first-order valence-electron chi connectivity index (χ1n) is 21.0. The van der Waals surface area contributed by atoms with Gasteiger partial charge in [-0.05, 0) is 112 Å². The molecule has 10 rings (SSSR count). The lowest BCUT2D eigenvalue weighted by molar-refractivity contribution is 0.886. The first-order chi connectivity index (χ1) is 28.1. The molecular weight excluding hydrogens is 685 g/mol. The van der Waals surface area contributed by atoms with Gasteiger partial charge in [-0.3, -0.25) is 0 Å². The third-order valence-corrected chi connectivity index (χ3v) is 10.9. The topological polar surface area (TPSA) is 0 Å². The van der Waals surface area contributed by atoms with Crippen LogP contribution in [0.1, 0.15) is 59.9 Å². The monoisotopic (exact) mass is 738 g/mol. The molecule has 0 bridgehead atoms. The molecule has 0 saturated heterocycles. The van der Waals surface area contributed by atoms with Crippen LogP contribution in [0.2, 0.25) is 0 Å². The van der Waals surface area contributed by atoms with E-state index in [1.807, 2.05) is 27.7 Å². The van der Waals surface area contributed by atoms with Gasteiger partial charge in [0.25, 0.3) is 0 Å². The molecule has 282 valence electrons. The maximum absolute atomic E-state index is 2.38. The summed E-state index contributed by atoms with van der Waals surface area (Å²) in [6.45, 7) is 14.5. The lowest BCUT2D eigenvalue weighted by Gasteiger charge is -2.20. The standard InChI is InChI=1S/C49H32.C4H10.2C2H6/c1-31-19-20-38-30-37(26-25-36(38)29-31)32-21-23-33(24-22-32)39-27-28-44-47-40(39)17-10-18-43(47)48-45(34-11-4-2-5-12-34)41-15-8-9-16-42(41)46(49(44)48)35-13-6-3-7-14-35;1-3-4-2;2*1-2/h2-30H,1H3;3-4H2,1-2H3;2*1-2H3. The normalized spacial score (nSPS) is 10.9. The molecule has 0 unspecified atom stereocenters. The number of unbranched alkanes of at least 4 members (excludes halogenated alkanes) is 1. The minimum Gasteiger partial charge on any atom is -0.0683 e. The van der Waals surface area contributed by atoms with E-state index < -0.39 is 0 Å².